The predicted octanol–water partition coefficient (Wildman–Crippen LogP) is 1.29. The van der Waals surface area contributed by atoms with E-state index in [1.165, 1.54) is 0 Å². The Hall–Kier alpha value is -1.39. The summed E-state index contributed by atoms with van der Waals surface area (Å²) in [4.78, 5) is 11.5. The summed E-state index contributed by atoms with van der Waals surface area (Å²) in [6.45, 7) is 4.62. The second-order valence-electron chi connectivity index (χ2n) is 4.23. The maximum absolute atomic E-state index is 11.5. The smallest absolute Gasteiger partial charge is 0.238 e. The van der Waals surface area contributed by atoms with Crippen LogP contribution in [-0.4, -0.2) is 30.2 Å². The minimum atomic E-state index is -0.331. The molecule has 1 aromatic carbocycles. The van der Waals surface area contributed by atoms with Gasteiger partial charge in [-0.3, -0.25) is 4.79 Å². The fourth-order valence-electron chi connectivity index (χ4n) is 1.44. The summed E-state index contributed by atoms with van der Waals surface area (Å²) in [6.07, 6.45) is 0.319. The molecule has 1 rings (SSSR count). The highest BCUT2D eigenvalue weighted by molar-refractivity contribution is 5.92. The molecule has 94 valence electrons. The zero-order valence-corrected chi connectivity index (χ0v) is 10.4. The number of amides is 1. The highest BCUT2D eigenvalue weighted by Crippen LogP contribution is 2.08. The molecular weight excluding hydrogens is 216 g/mol. The number of aryl methyl sites for hydroxylation is 1. The van der Waals surface area contributed by atoms with Crippen LogP contribution in [0, 0.1) is 6.92 Å². The van der Waals surface area contributed by atoms with Crippen LogP contribution in [0.1, 0.15) is 18.9 Å². The molecule has 0 aliphatic rings. The van der Waals surface area contributed by atoms with Gasteiger partial charge in [-0.15, -0.1) is 0 Å². The van der Waals surface area contributed by atoms with Crippen molar-refractivity contribution in [3.8, 4) is 0 Å². The molecule has 0 aliphatic heterocycles. The van der Waals surface area contributed by atoms with Gasteiger partial charge in [-0.1, -0.05) is 12.1 Å². The van der Waals surface area contributed by atoms with E-state index in [0.717, 1.165) is 11.3 Å². The highest BCUT2D eigenvalue weighted by atomic mass is 16.3. The van der Waals surface area contributed by atoms with Gasteiger partial charge < -0.3 is 15.7 Å². The molecule has 0 aromatic heterocycles. The lowest BCUT2D eigenvalue weighted by atomic mass is 10.2. The number of benzene rings is 1. The van der Waals surface area contributed by atoms with Crippen LogP contribution in [0.3, 0.4) is 0 Å². The molecule has 4 nitrogen and oxygen atoms in total. The summed E-state index contributed by atoms with van der Waals surface area (Å²) >= 11 is 0. The van der Waals surface area contributed by atoms with Gasteiger partial charge >= 0.3 is 0 Å². The van der Waals surface area contributed by atoms with Crippen LogP contribution in [0.15, 0.2) is 24.3 Å². The standard InChI is InChI=1S/C13H20N2O2/c1-10-4-3-5-12(8-10)15-13(17)9-14-7-6-11(2)16/h3-5,8,11,14,16H,6-7,9H2,1-2H3,(H,15,17). The molecule has 1 unspecified atom stereocenters. The Morgan fingerprint density at radius 1 is 1.47 bits per heavy atom. The van der Waals surface area contributed by atoms with Crippen molar-refractivity contribution in [1.29, 1.82) is 0 Å². The summed E-state index contributed by atoms with van der Waals surface area (Å²) in [7, 11) is 0. The summed E-state index contributed by atoms with van der Waals surface area (Å²) in [5.74, 6) is -0.0683. The third-order valence-electron chi connectivity index (χ3n) is 2.33. The number of aliphatic hydroxyl groups is 1. The van der Waals surface area contributed by atoms with Gasteiger partial charge in [-0.05, 0) is 44.5 Å². The lowest BCUT2D eigenvalue weighted by molar-refractivity contribution is -0.115. The van der Waals surface area contributed by atoms with Crippen LogP contribution in [0.2, 0.25) is 0 Å². The molecule has 0 fully saturated rings. The van der Waals surface area contributed by atoms with Gasteiger partial charge in [-0.25, -0.2) is 0 Å². The molecule has 0 aliphatic carbocycles. The molecule has 1 aromatic rings. The van der Waals surface area contributed by atoms with Gasteiger partial charge in [0.25, 0.3) is 0 Å². The lowest BCUT2D eigenvalue weighted by Gasteiger charge is -2.08. The second kappa shape index (κ2) is 7.04. The van der Waals surface area contributed by atoms with Crippen LogP contribution >= 0.6 is 0 Å². The van der Waals surface area contributed by atoms with Crippen molar-refractivity contribution in [2.24, 2.45) is 0 Å². The van der Waals surface area contributed by atoms with E-state index in [1.807, 2.05) is 31.2 Å². The van der Waals surface area contributed by atoms with E-state index in [-0.39, 0.29) is 18.6 Å². The molecule has 1 amide bonds. The van der Waals surface area contributed by atoms with Crippen LogP contribution in [0.4, 0.5) is 5.69 Å². The van der Waals surface area contributed by atoms with Gasteiger partial charge in [0.1, 0.15) is 0 Å². The largest absolute Gasteiger partial charge is 0.393 e. The molecule has 4 heteroatoms. The summed E-state index contributed by atoms with van der Waals surface area (Å²) in [6, 6.07) is 7.68. The number of nitrogens with one attached hydrogen (secondary N) is 2. The zero-order chi connectivity index (χ0) is 12.7. The third kappa shape index (κ3) is 6.04. The fourth-order valence-corrected chi connectivity index (χ4v) is 1.44. The van der Waals surface area contributed by atoms with Crippen molar-refractivity contribution in [3.05, 3.63) is 29.8 Å². The number of hydrogen-bond donors (Lipinski definition) is 3. The monoisotopic (exact) mass is 236 g/mol. The summed E-state index contributed by atoms with van der Waals surface area (Å²) in [5, 5.41) is 14.8. The van der Waals surface area contributed by atoms with Crippen LogP contribution in [-0.2, 0) is 4.79 Å². The molecule has 3 N–H and O–H groups in total. The molecule has 0 saturated heterocycles. The van der Waals surface area contributed by atoms with E-state index in [4.69, 9.17) is 5.11 Å². The first kappa shape index (κ1) is 13.7. The Kier molecular flexibility index (Phi) is 5.66. The average Bonchev–Trinajstić information content (AvgIpc) is 2.24. The van der Waals surface area contributed by atoms with Crippen molar-refractivity contribution >= 4 is 11.6 Å². The van der Waals surface area contributed by atoms with Crippen molar-refractivity contribution in [2.75, 3.05) is 18.4 Å². The number of carbonyl (C=O) groups is 1. The topological polar surface area (TPSA) is 61.4 Å². The van der Waals surface area contributed by atoms with Crippen LogP contribution < -0.4 is 10.6 Å². The lowest BCUT2D eigenvalue weighted by Crippen LogP contribution is -2.29. The van der Waals surface area contributed by atoms with E-state index < -0.39 is 0 Å². The number of hydrogen-bond acceptors (Lipinski definition) is 3. The minimum Gasteiger partial charge on any atom is -0.393 e. The number of anilines is 1. The van der Waals surface area contributed by atoms with Gasteiger partial charge in [0.05, 0.1) is 12.6 Å². The van der Waals surface area contributed by atoms with Gasteiger partial charge in [0.15, 0.2) is 0 Å². The Morgan fingerprint density at radius 2 is 2.24 bits per heavy atom. The number of aliphatic hydroxyl groups excluding tert-OH is 1. The fraction of sp³-hybridized carbons (Fsp3) is 0.462. The van der Waals surface area contributed by atoms with Crippen LogP contribution in [0.25, 0.3) is 0 Å². The maximum atomic E-state index is 11.5. The number of carbonyl (C=O) groups excluding carboxylic acids is 1. The Bertz CT molecular complexity index is 364. The van der Waals surface area contributed by atoms with E-state index in [0.29, 0.717) is 13.0 Å². The van der Waals surface area contributed by atoms with Crippen molar-refractivity contribution in [1.82, 2.24) is 5.32 Å². The minimum absolute atomic E-state index is 0.0683. The van der Waals surface area contributed by atoms with Gasteiger partial charge in [-0.2, -0.15) is 0 Å². The van der Waals surface area contributed by atoms with E-state index in [1.54, 1.807) is 6.92 Å². The first-order chi connectivity index (χ1) is 8.08. The van der Waals surface area contributed by atoms with Crippen molar-refractivity contribution < 1.29 is 9.90 Å². The SMILES string of the molecule is Cc1cccc(NC(=O)CNCCC(C)O)c1. The van der Waals surface area contributed by atoms with Crippen molar-refractivity contribution in [2.45, 2.75) is 26.4 Å². The van der Waals surface area contributed by atoms with Gasteiger partial charge in [0.2, 0.25) is 5.91 Å². The normalized spacial score (nSPS) is 12.2. The third-order valence-corrected chi connectivity index (χ3v) is 2.33. The molecular formula is C13H20N2O2. The Morgan fingerprint density at radius 3 is 2.88 bits per heavy atom. The second-order valence-corrected chi connectivity index (χ2v) is 4.23. The van der Waals surface area contributed by atoms with Gasteiger partial charge in [0, 0.05) is 5.69 Å². The molecule has 17 heavy (non-hydrogen) atoms. The summed E-state index contributed by atoms with van der Waals surface area (Å²) < 4.78 is 0. The zero-order valence-electron chi connectivity index (χ0n) is 10.4. The van der Waals surface area contributed by atoms with E-state index in [9.17, 15) is 4.79 Å². The predicted molar refractivity (Wildman–Crippen MR) is 69.0 cm³/mol. The molecule has 0 heterocycles. The Labute approximate surface area is 102 Å². The highest BCUT2D eigenvalue weighted by Gasteiger charge is 2.02. The van der Waals surface area contributed by atoms with E-state index >= 15 is 0 Å². The molecule has 0 bridgehead atoms. The molecule has 0 saturated carbocycles. The van der Waals surface area contributed by atoms with Crippen LogP contribution in [0.5, 0.6) is 0 Å². The maximum Gasteiger partial charge on any atom is 0.238 e. The quantitative estimate of drug-likeness (QED) is 0.652. The summed E-state index contributed by atoms with van der Waals surface area (Å²) in [5.41, 5.74) is 1.93. The first-order valence-corrected chi connectivity index (χ1v) is 5.83. The average molecular weight is 236 g/mol. The molecule has 1 atom stereocenters. The van der Waals surface area contributed by atoms with E-state index in [2.05, 4.69) is 10.6 Å². The Balaban J connectivity index is 2.25. The van der Waals surface area contributed by atoms with Crippen molar-refractivity contribution in [3.63, 3.8) is 0 Å². The molecule has 0 radical (unpaired) electrons. The molecule has 0 spiro atoms. The first-order valence-electron chi connectivity index (χ1n) is 5.83. The number of rotatable bonds is 6.